The lowest BCUT2D eigenvalue weighted by Gasteiger charge is -2.30. The highest BCUT2D eigenvalue weighted by Crippen LogP contribution is 2.16. The van der Waals surface area contributed by atoms with E-state index < -0.39 is 0 Å². The van der Waals surface area contributed by atoms with Crippen LogP contribution in [0.15, 0.2) is 10.9 Å². The Morgan fingerprint density at radius 1 is 1.53 bits per heavy atom. The summed E-state index contributed by atoms with van der Waals surface area (Å²) < 4.78 is 0. The van der Waals surface area contributed by atoms with Crippen molar-refractivity contribution in [2.45, 2.75) is 19.8 Å². The Kier molecular flexibility index (Phi) is 2.62. The number of carbonyl (C=O) groups excluding carboxylic acids is 1. The number of aromatic amines is 2. The van der Waals surface area contributed by atoms with Crippen molar-refractivity contribution in [2.75, 3.05) is 13.1 Å². The lowest BCUT2D eigenvalue weighted by molar-refractivity contribution is 0.0677. The molecule has 0 aliphatic carbocycles. The van der Waals surface area contributed by atoms with Gasteiger partial charge in [0.2, 0.25) is 0 Å². The molecule has 15 heavy (non-hydrogen) atoms. The summed E-state index contributed by atoms with van der Waals surface area (Å²) in [6, 6.07) is 1.31. The van der Waals surface area contributed by atoms with Gasteiger partial charge in [-0.1, -0.05) is 6.92 Å². The summed E-state index contributed by atoms with van der Waals surface area (Å²) >= 11 is 0. The van der Waals surface area contributed by atoms with E-state index >= 15 is 0 Å². The van der Waals surface area contributed by atoms with Crippen LogP contribution in [-0.2, 0) is 0 Å². The van der Waals surface area contributed by atoms with Gasteiger partial charge in [0.05, 0.1) is 0 Å². The first-order chi connectivity index (χ1) is 7.16. The van der Waals surface area contributed by atoms with Gasteiger partial charge in [0.1, 0.15) is 5.69 Å². The van der Waals surface area contributed by atoms with Gasteiger partial charge in [-0.15, -0.1) is 0 Å². The second-order valence-corrected chi connectivity index (χ2v) is 4.17. The molecular formula is C10H15N3O2. The van der Waals surface area contributed by atoms with Crippen LogP contribution in [0.1, 0.15) is 30.3 Å². The molecule has 5 heteroatoms. The lowest BCUT2D eigenvalue weighted by atomic mass is 10.0. The fourth-order valence-electron chi connectivity index (χ4n) is 1.99. The van der Waals surface area contributed by atoms with E-state index in [0.29, 0.717) is 11.6 Å². The number of nitrogens with one attached hydrogen (secondary N) is 2. The van der Waals surface area contributed by atoms with E-state index in [-0.39, 0.29) is 11.5 Å². The van der Waals surface area contributed by atoms with Crippen molar-refractivity contribution in [1.29, 1.82) is 0 Å². The molecular weight excluding hydrogens is 194 g/mol. The van der Waals surface area contributed by atoms with Crippen molar-refractivity contribution < 1.29 is 4.79 Å². The van der Waals surface area contributed by atoms with E-state index in [1.54, 1.807) is 4.90 Å². The quantitative estimate of drug-likeness (QED) is 0.710. The molecule has 1 aliphatic heterocycles. The molecule has 1 amide bonds. The van der Waals surface area contributed by atoms with Gasteiger partial charge in [0, 0.05) is 19.2 Å². The number of hydrogen-bond donors (Lipinski definition) is 2. The molecule has 5 nitrogen and oxygen atoms in total. The monoisotopic (exact) mass is 209 g/mol. The average molecular weight is 209 g/mol. The molecule has 0 radical (unpaired) electrons. The van der Waals surface area contributed by atoms with Crippen LogP contribution in [0.4, 0.5) is 0 Å². The van der Waals surface area contributed by atoms with Crippen LogP contribution >= 0.6 is 0 Å². The SMILES string of the molecule is CC1CCCN(C(=O)c2cc(=O)[nH][nH]2)C1. The third-order valence-electron chi connectivity index (χ3n) is 2.77. The third-order valence-corrected chi connectivity index (χ3v) is 2.77. The van der Waals surface area contributed by atoms with Gasteiger partial charge in [-0.3, -0.25) is 19.8 Å². The Morgan fingerprint density at radius 3 is 2.93 bits per heavy atom. The Morgan fingerprint density at radius 2 is 2.33 bits per heavy atom. The summed E-state index contributed by atoms with van der Waals surface area (Å²) in [5.41, 5.74) is 0.0949. The Labute approximate surface area is 87.5 Å². The van der Waals surface area contributed by atoms with E-state index in [2.05, 4.69) is 17.1 Å². The lowest BCUT2D eigenvalue weighted by Crippen LogP contribution is -2.39. The minimum absolute atomic E-state index is 0.0834. The van der Waals surface area contributed by atoms with Gasteiger partial charge in [-0.25, -0.2) is 0 Å². The molecule has 1 fully saturated rings. The number of carbonyl (C=O) groups is 1. The molecule has 1 aromatic rings. The molecule has 2 N–H and O–H groups in total. The standard InChI is InChI=1S/C10H15N3O2/c1-7-3-2-4-13(6-7)10(15)8-5-9(14)12-11-8/h5,7H,2-4,6H2,1H3,(H2,11,12,14). The third kappa shape index (κ3) is 2.11. The molecule has 1 aromatic heterocycles. The van der Waals surface area contributed by atoms with E-state index in [1.165, 1.54) is 12.5 Å². The highest BCUT2D eigenvalue weighted by atomic mass is 16.2. The summed E-state index contributed by atoms with van der Waals surface area (Å²) in [6.45, 7) is 3.71. The van der Waals surface area contributed by atoms with Crippen LogP contribution in [0.25, 0.3) is 0 Å². The summed E-state index contributed by atoms with van der Waals surface area (Å²) in [7, 11) is 0. The molecule has 2 rings (SSSR count). The van der Waals surface area contributed by atoms with Gasteiger partial charge < -0.3 is 4.90 Å². The number of piperidine rings is 1. The molecule has 0 spiro atoms. The van der Waals surface area contributed by atoms with Crippen molar-refractivity contribution >= 4 is 5.91 Å². The number of likely N-dealkylation sites (tertiary alicyclic amines) is 1. The van der Waals surface area contributed by atoms with E-state index in [9.17, 15) is 9.59 Å². The number of aromatic nitrogens is 2. The fourth-order valence-corrected chi connectivity index (χ4v) is 1.99. The van der Waals surface area contributed by atoms with Crippen LogP contribution in [-0.4, -0.2) is 34.1 Å². The molecule has 0 bridgehead atoms. The van der Waals surface area contributed by atoms with Gasteiger partial charge in [-0.2, -0.15) is 0 Å². The summed E-state index contributed by atoms with van der Waals surface area (Å²) in [4.78, 5) is 24.6. The summed E-state index contributed by atoms with van der Waals surface area (Å²) in [6.07, 6.45) is 2.22. The molecule has 1 aliphatic rings. The molecule has 1 atom stereocenters. The molecule has 1 saturated heterocycles. The van der Waals surface area contributed by atoms with Crippen LogP contribution in [0.2, 0.25) is 0 Å². The van der Waals surface area contributed by atoms with Crippen molar-refractivity contribution in [3.8, 4) is 0 Å². The Bertz CT molecular complexity index is 407. The van der Waals surface area contributed by atoms with Gasteiger partial charge in [0.15, 0.2) is 0 Å². The van der Waals surface area contributed by atoms with Crippen molar-refractivity contribution in [3.63, 3.8) is 0 Å². The zero-order valence-corrected chi connectivity index (χ0v) is 8.75. The zero-order chi connectivity index (χ0) is 10.8. The van der Waals surface area contributed by atoms with Crippen molar-refractivity contribution in [3.05, 3.63) is 22.1 Å². The molecule has 0 aromatic carbocycles. The average Bonchev–Trinajstić information content (AvgIpc) is 2.64. The van der Waals surface area contributed by atoms with E-state index in [4.69, 9.17) is 0 Å². The maximum Gasteiger partial charge on any atom is 0.271 e. The molecule has 1 unspecified atom stereocenters. The first-order valence-electron chi connectivity index (χ1n) is 5.24. The highest BCUT2D eigenvalue weighted by Gasteiger charge is 2.22. The largest absolute Gasteiger partial charge is 0.337 e. The maximum absolute atomic E-state index is 11.9. The topological polar surface area (TPSA) is 69.0 Å². The van der Waals surface area contributed by atoms with Crippen LogP contribution in [0.5, 0.6) is 0 Å². The van der Waals surface area contributed by atoms with Crippen molar-refractivity contribution in [1.82, 2.24) is 15.1 Å². The normalized spacial score (nSPS) is 21.7. The molecule has 82 valence electrons. The predicted molar refractivity (Wildman–Crippen MR) is 55.7 cm³/mol. The van der Waals surface area contributed by atoms with Gasteiger partial charge in [0.25, 0.3) is 11.5 Å². The highest BCUT2D eigenvalue weighted by molar-refractivity contribution is 5.92. The number of nitrogens with zero attached hydrogens (tertiary/aromatic N) is 1. The summed E-state index contributed by atoms with van der Waals surface area (Å²) in [5.74, 6) is 0.466. The van der Waals surface area contributed by atoms with E-state index in [1.807, 2.05) is 0 Å². The Balaban J connectivity index is 2.10. The zero-order valence-electron chi connectivity index (χ0n) is 8.75. The number of rotatable bonds is 1. The number of amides is 1. The minimum Gasteiger partial charge on any atom is -0.337 e. The first kappa shape index (κ1) is 10.0. The molecule has 0 saturated carbocycles. The van der Waals surface area contributed by atoms with Crippen molar-refractivity contribution in [2.24, 2.45) is 5.92 Å². The van der Waals surface area contributed by atoms with Crippen LogP contribution in [0, 0.1) is 5.92 Å². The fraction of sp³-hybridized carbons (Fsp3) is 0.600. The van der Waals surface area contributed by atoms with Crippen LogP contribution in [0.3, 0.4) is 0 Å². The second kappa shape index (κ2) is 3.92. The van der Waals surface area contributed by atoms with E-state index in [0.717, 1.165) is 19.5 Å². The summed E-state index contributed by atoms with van der Waals surface area (Å²) in [5, 5.41) is 4.96. The van der Waals surface area contributed by atoms with Gasteiger partial charge >= 0.3 is 0 Å². The molecule has 2 heterocycles. The minimum atomic E-state index is -0.261. The Hall–Kier alpha value is -1.52. The van der Waals surface area contributed by atoms with Crippen LogP contribution < -0.4 is 5.56 Å². The second-order valence-electron chi connectivity index (χ2n) is 4.17. The predicted octanol–water partition coefficient (Wildman–Crippen LogP) is 0.575. The number of H-pyrrole nitrogens is 2. The maximum atomic E-state index is 11.9. The smallest absolute Gasteiger partial charge is 0.271 e. The van der Waals surface area contributed by atoms with Gasteiger partial charge in [-0.05, 0) is 18.8 Å². The number of hydrogen-bond acceptors (Lipinski definition) is 2. The first-order valence-corrected chi connectivity index (χ1v) is 5.24.